The van der Waals surface area contributed by atoms with Crippen molar-refractivity contribution >= 4 is 23.9 Å². The first-order valence-electron chi connectivity index (χ1n) is 11.1. The molecule has 2 fully saturated rings. The lowest BCUT2D eigenvalue weighted by Gasteiger charge is -2.15. The Balaban J connectivity index is 0.000000335. The number of carboxylic acid groups (broad SMARTS) is 1. The Bertz CT molecular complexity index is 710. The van der Waals surface area contributed by atoms with Crippen LogP contribution >= 0.6 is 0 Å². The average molecular weight is 473 g/mol. The number of allylic oxidation sites excluding steroid dienone is 1. The van der Waals surface area contributed by atoms with Crippen LogP contribution in [-0.2, 0) is 42.9 Å². The largest absolute Gasteiger partial charge is 0.481 e. The summed E-state index contributed by atoms with van der Waals surface area (Å²) in [7, 11) is 1.34. The van der Waals surface area contributed by atoms with Gasteiger partial charge >= 0.3 is 23.9 Å². The van der Waals surface area contributed by atoms with Crippen LogP contribution in [0.15, 0.2) is 12.2 Å². The van der Waals surface area contributed by atoms with Crippen LogP contribution in [0.25, 0.3) is 0 Å². The van der Waals surface area contributed by atoms with Crippen LogP contribution in [0.1, 0.15) is 79.1 Å². The molecule has 2 rings (SSSR count). The van der Waals surface area contributed by atoms with Crippen molar-refractivity contribution in [2.24, 2.45) is 0 Å². The molecule has 0 aromatic rings. The molecule has 2 heterocycles. The van der Waals surface area contributed by atoms with Gasteiger partial charge in [0.25, 0.3) is 0 Å². The topological polar surface area (TPSA) is 135 Å². The van der Waals surface area contributed by atoms with Gasteiger partial charge in [0.15, 0.2) is 12.2 Å². The lowest BCUT2D eigenvalue weighted by Crippen LogP contribution is -2.21. The smallest absolute Gasteiger partial charge is 0.337 e. The predicted octanol–water partition coefficient (Wildman–Crippen LogP) is 3.26. The lowest BCUT2D eigenvalue weighted by molar-refractivity contribution is -0.162. The van der Waals surface area contributed by atoms with E-state index in [9.17, 15) is 19.2 Å². The van der Waals surface area contributed by atoms with Gasteiger partial charge in [-0.2, -0.15) is 0 Å². The maximum Gasteiger partial charge on any atom is 0.337 e. The number of carbonyl (C=O) groups is 4. The first-order chi connectivity index (χ1) is 15.3. The Kier molecular flexibility index (Phi) is 11.5. The van der Waals surface area contributed by atoms with Crippen LogP contribution in [0.2, 0.25) is 0 Å². The van der Waals surface area contributed by atoms with E-state index in [0.717, 1.165) is 19.3 Å². The molecular formula is C23H36O10. The molecule has 0 aromatic carbocycles. The summed E-state index contributed by atoms with van der Waals surface area (Å²) in [6.07, 6.45) is 7.22. The third-order valence-electron chi connectivity index (χ3n) is 4.72. The molecule has 0 saturated carbocycles. The van der Waals surface area contributed by atoms with Gasteiger partial charge in [0, 0.05) is 40.2 Å². The van der Waals surface area contributed by atoms with Crippen molar-refractivity contribution in [3.05, 3.63) is 12.2 Å². The molecule has 10 heteroatoms. The summed E-state index contributed by atoms with van der Waals surface area (Å²) in [5, 5.41) is 8.42. The summed E-state index contributed by atoms with van der Waals surface area (Å²) in [6, 6.07) is 0. The van der Waals surface area contributed by atoms with Crippen LogP contribution in [0.3, 0.4) is 0 Å². The summed E-state index contributed by atoms with van der Waals surface area (Å²) in [5.41, 5.74) is 0. The van der Waals surface area contributed by atoms with E-state index in [-0.39, 0.29) is 24.3 Å². The van der Waals surface area contributed by atoms with Crippen molar-refractivity contribution in [2.75, 3.05) is 7.11 Å². The van der Waals surface area contributed by atoms with Gasteiger partial charge in [0.1, 0.15) is 0 Å². The molecule has 33 heavy (non-hydrogen) atoms. The Morgan fingerprint density at radius 1 is 0.909 bits per heavy atom. The van der Waals surface area contributed by atoms with E-state index in [1.807, 2.05) is 0 Å². The summed E-state index contributed by atoms with van der Waals surface area (Å²) < 4.78 is 25.3. The van der Waals surface area contributed by atoms with Crippen molar-refractivity contribution in [1.29, 1.82) is 0 Å². The van der Waals surface area contributed by atoms with Crippen LogP contribution in [0.5, 0.6) is 0 Å². The monoisotopic (exact) mass is 472 g/mol. The molecule has 188 valence electrons. The van der Waals surface area contributed by atoms with Gasteiger partial charge in [-0.1, -0.05) is 6.08 Å². The number of carboxylic acids is 1. The average Bonchev–Trinajstić information content (AvgIpc) is 3.13. The first kappa shape index (κ1) is 28.6. The zero-order chi connectivity index (χ0) is 25.1. The van der Waals surface area contributed by atoms with Crippen LogP contribution < -0.4 is 0 Å². The van der Waals surface area contributed by atoms with Gasteiger partial charge in [-0.25, -0.2) is 14.4 Å². The first-order valence-corrected chi connectivity index (χ1v) is 11.1. The quantitative estimate of drug-likeness (QED) is 0.207. The highest BCUT2D eigenvalue weighted by Gasteiger charge is 2.41. The van der Waals surface area contributed by atoms with Gasteiger partial charge in [-0.15, -0.1) is 0 Å². The Labute approximate surface area is 194 Å². The number of rotatable bonds is 11. The SMILES string of the molecule is CC1(C)OC(=O)C(CCCCC(=O)O)O1.COC(=O)/C=C/CCCCC1OC(C)(C)OC1=O. The van der Waals surface area contributed by atoms with Crippen LogP contribution in [0, 0.1) is 0 Å². The third-order valence-corrected chi connectivity index (χ3v) is 4.72. The minimum Gasteiger partial charge on any atom is -0.481 e. The summed E-state index contributed by atoms with van der Waals surface area (Å²) >= 11 is 0. The highest BCUT2D eigenvalue weighted by molar-refractivity contribution is 5.81. The van der Waals surface area contributed by atoms with E-state index >= 15 is 0 Å². The molecule has 2 aliphatic heterocycles. The molecule has 2 unspecified atom stereocenters. The Morgan fingerprint density at radius 3 is 1.79 bits per heavy atom. The second-order valence-corrected chi connectivity index (χ2v) is 8.70. The molecule has 10 nitrogen and oxygen atoms in total. The summed E-state index contributed by atoms with van der Waals surface area (Å²) in [5.74, 6) is -3.44. The van der Waals surface area contributed by atoms with Crippen molar-refractivity contribution in [3.8, 4) is 0 Å². The number of ether oxygens (including phenoxy) is 5. The lowest BCUT2D eigenvalue weighted by atomic mass is 10.1. The zero-order valence-electron chi connectivity index (χ0n) is 20.1. The fourth-order valence-electron chi connectivity index (χ4n) is 3.24. The molecule has 0 bridgehead atoms. The number of hydrogen-bond donors (Lipinski definition) is 1. The highest BCUT2D eigenvalue weighted by Crippen LogP contribution is 2.27. The molecule has 0 amide bonds. The molecule has 0 spiro atoms. The number of esters is 3. The fourth-order valence-corrected chi connectivity index (χ4v) is 3.24. The standard InChI is InChI=1S/C13H20O5.C10H16O5/c1-13(2)17-10(12(15)18-13)8-6-4-5-7-9-11(14)16-3;1-10(2)14-7(9(13)15-10)5-3-4-6-8(11)12/h7,9-10H,4-6,8H2,1-3H3;7H,3-6H2,1-2H3,(H,11,12)/b9-7+;. The summed E-state index contributed by atoms with van der Waals surface area (Å²) in [6.45, 7) is 6.82. The van der Waals surface area contributed by atoms with E-state index in [1.165, 1.54) is 13.2 Å². The van der Waals surface area contributed by atoms with Gasteiger partial charge in [0.05, 0.1) is 7.11 Å². The molecule has 0 radical (unpaired) electrons. The number of unbranched alkanes of at least 4 members (excludes halogenated alkanes) is 3. The minimum absolute atomic E-state index is 0.130. The second kappa shape index (κ2) is 13.3. The molecule has 1 N–H and O–H groups in total. The maximum absolute atomic E-state index is 11.4. The Morgan fingerprint density at radius 2 is 1.39 bits per heavy atom. The van der Waals surface area contributed by atoms with Crippen molar-refractivity contribution in [3.63, 3.8) is 0 Å². The predicted molar refractivity (Wildman–Crippen MR) is 116 cm³/mol. The number of cyclic esters (lactones) is 2. The highest BCUT2D eigenvalue weighted by atomic mass is 16.8. The van der Waals surface area contributed by atoms with Crippen LogP contribution in [0.4, 0.5) is 0 Å². The van der Waals surface area contributed by atoms with Crippen LogP contribution in [-0.4, -0.2) is 59.9 Å². The maximum atomic E-state index is 11.4. The normalized spacial score (nSPS) is 22.9. The molecule has 2 aliphatic rings. The number of carbonyl (C=O) groups excluding carboxylic acids is 3. The van der Waals surface area contributed by atoms with E-state index in [4.69, 9.17) is 24.1 Å². The van der Waals surface area contributed by atoms with E-state index < -0.39 is 29.8 Å². The second-order valence-electron chi connectivity index (χ2n) is 8.70. The van der Waals surface area contributed by atoms with Crippen molar-refractivity contribution in [2.45, 2.75) is 103 Å². The van der Waals surface area contributed by atoms with Gasteiger partial charge in [-0.3, -0.25) is 4.79 Å². The molecule has 0 aliphatic carbocycles. The molecule has 2 atom stereocenters. The minimum atomic E-state index is -0.839. The number of methoxy groups -OCH3 is 1. The van der Waals surface area contributed by atoms with Crippen molar-refractivity contribution < 1.29 is 48.0 Å². The third kappa shape index (κ3) is 11.8. The number of aliphatic carboxylic acids is 1. The van der Waals surface area contributed by atoms with E-state index in [2.05, 4.69) is 4.74 Å². The Hall–Kier alpha value is -2.46. The fraction of sp³-hybridized carbons (Fsp3) is 0.739. The van der Waals surface area contributed by atoms with Gasteiger partial charge < -0.3 is 28.8 Å². The number of hydrogen-bond acceptors (Lipinski definition) is 9. The zero-order valence-corrected chi connectivity index (χ0v) is 20.1. The molecular weight excluding hydrogens is 436 g/mol. The van der Waals surface area contributed by atoms with E-state index in [1.54, 1.807) is 33.8 Å². The molecule has 2 saturated heterocycles. The van der Waals surface area contributed by atoms with E-state index in [0.29, 0.717) is 25.7 Å². The summed E-state index contributed by atoms with van der Waals surface area (Å²) in [4.78, 5) is 43.7. The van der Waals surface area contributed by atoms with Gasteiger partial charge in [0.2, 0.25) is 11.6 Å². The van der Waals surface area contributed by atoms with Gasteiger partial charge in [-0.05, 0) is 44.9 Å². The molecule has 0 aromatic heterocycles. The van der Waals surface area contributed by atoms with Crippen molar-refractivity contribution in [1.82, 2.24) is 0 Å².